The molecule has 0 radical (unpaired) electrons. The second-order valence-corrected chi connectivity index (χ2v) is 8.12. The minimum atomic E-state index is -0.484. The summed E-state index contributed by atoms with van der Waals surface area (Å²) in [6.07, 6.45) is 7.66. The fourth-order valence-corrected chi connectivity index (χ4v) is 4.59. The van der Waals surface area contributed by atoms with Crippen LogP contribution in [0.2, 0.25) is 0 Å². The zero-order valence-electron chi connectivity index (χ0n) is 16.4. The molecular formula is C21H31NO3. The van der Waals surface area contributed by atoms with E-state index in [1.807, 2.05) is 31.3 Å². The third-order valence-corrected chi connectivity index (χ3v) is 6.39. The average molecular weight is 345 g/mol. The number of fused-ring (bicyclic) bond motifs is 1. The van der Waals surface area contributed by atoms with Crippen LogP contribution in [0.3, 0.4) is 0 Å². The summed E-state index contributed by atoms with van der Waals surface area (Å²) in [7, 11) is 3.79. The van der Waals surface area contributed by atoms with E-state index in [-0.39, 0.29) is 23.3 Å². The van der Waals surface area contributed by atoms with Gasteiger partial charge in [-0.25, -0.2) is 0 Å². The third-order valence-electron chi connectivity index (χ3n) is 6.39. The molecule has 25 heavy (non-hydrogen) atoms. The van der Waals surface area contributed by atoms with Gasteiger partial charge in [-0.3, -0.25) is 9.59 Å². The quantitative estimate of drug-likeness (QED) is 0.431. The smallest absolute Gasteiger partial charge is 0.302 e. The molecule has 0 N–H and O–H groups in total. The van der Waals surface area contributed by atoms with Gasteiger partial charge in [-0.15, -0.1) is 6.58 Å². The van der Waals surface area contributed by atoms with Crippen LogP contribution >= 0.6 is 0 Å². The minimum Gasteiger partial charge on any atom is -0.461 e. The highest BCUT2D eigenvalue weighted by Crippen LogP contribution is 2.63. The monoisotopic (exact) mass is 345 g/mol. The fraction of sp³-hybridized carbons (Fsp3) is 0.619. The van der Waals surface area contributed by atoms with E-state index >= 15 is 0 Å². The van der Waals surface area contributed by atoms with E-state index in [9.17, 15) is 9.59 Å². The first kappa shape index (κ1) is 19.5. The maximum absolute atomic E-state index is 13.1. The van der Waals surface area contributed by atoms with Crippen molar-refractivity contribution in [2.45, 2.75) is 53.1 Å². The van der Waals surface area contributed by atoms with Crippen molar-refractivity contribution in [2.24, 2.45) is 16.7 Å². The van der Waals surface area contributed by atoms with Gasteiger partial charge in [0.25, 0.3) is 0 Å². The molecule has 0 aromatic carbocycles. The lowest BCUT2D eigenvalue weighted by molar-refractivity contribution is -0.161. The largest absolute Gasteiger partial charge is 0.461 e. The summed E-state index contributed by atoms with van der Waals surface area (Å²) >= 11 is 0. The van der Waals surface area contributed by atoms with Crippen molar-refractivity contribution in [1.29, 1.82) is 0 Å². The molecule has 1 saturated carbocycles. The standard InChI is InChI=1S/C21H31NO3/c1-8-9-14(2)20(4)11-10-17-19(24)16(13-22(6)7)12-18(21(17,20)5)25-15(3)23/h8,10,13-14,18H,1,9,11-12H2,2-7H3/b16-13+/t14-,18-,20+,21+/m1/s1. The second kappa shape index (κ2) is 6.81. The molecule has 138 valence electrons. The SMILES string of the molecule is C=CC[C@@H](C)[C@]1(C)CC=C2C(=O)/C(=C/N(C)C)C[C@@H](OC(C)=O)[C@]21C. The molecule has 2 rings (SSSR count). The molecule has 0 aromatic heterocycles. The summed E-state index contributed by atoms with van der Waals surface area (Å²) in [5.74, 6) is 0.123. The van der Waals surface area contributed by atoms with Crippen LogP contribution in [-0.4, -0.2) is 36.9 Å². The van der Waals surface area contributed by atoms with Gasteiger partial charge in [0.15, 0.2) is 5.78 Å². The van der Waals surface area contributed by atoms with Crippen molar-refractivity contribution in [3.63, 3.8) is 0 Å². The highest BCUT2D eigenvalue weighted by Gasteiger charge is 2.61. The predicted octanol–water partition coefficient (Wildman–Crippen LogP) is 3.89. The van der Waals surface area contributed by atoms with Crippen LogP contribution in [0.5, 0.6) is 0 Å². The first-order valence-corrected chi connectivity index (χ1v) is 8.98. The molecule has 0 saturated heterocycles. The van der Waals surface area contributed by atoms with Crippen LogP contribution in [-0.2, 0) is 14.3 Å². The van der Waals surface area contributed by atoms with Crippen LogP contribution in [0, 0.1) is 16.7 Å². The maximum atomic E-state index is 13.1. The predicted molar refractivity (Wildman–Crippen MR) is 99.8 cm³/mol. The van der Waals surface area contributed by atoms with Crippen molar-refractivity contribution in [2.75, 3.05) is 14.1 Å². The zero-order valence-corrected chi connectivity index (χ0v) is 16.4. The Morgan fingerprint density at radius 3 is 2.64 bits per heavy atom. The Hall–Kier alpha value is -1.84. The van der Waals surface area contributed by atoms with Gasteiger partial charge in [0.2, 0.25) is 0 Å². The topological polar surface area (TPSA) is 46.6 Å². The number of carbonyl (C=O) groups excluding carboxylic acids is 2. The van der Waals surface area contributed by atoms with Gasteiger partial charge in [-0.05, 0) is 24.2 Å². The minimum absolute atomic E-state index is 0.0918. The van der Waals surface area contributed by atoms with Crippen LogP contribution in [0.15, 0.2) is 36.1 Å². The lowest BCUT2D eigenvalue weighted by atomic mass is 9.53. The van der Waals surface area contributed by atoms with E-state index < -0.39 is 5.41 Å². The highest BCUT2D eigenvalue weighted by molar-refractivity contribution is 6.10. The van der Waals surface area contributed by atoms with Crippen LogP contribution in [0.25, 0.3) is 0 Å². The summed E-state index contributed by atoms with van der Waals surface area (Å²) in [5, 5.41) is 0. The second-order valence-electron chi connectivity index (χ2n) is 8.12. The molecule has 4 atom stereocenters. The molecule has 0 amide bonds. The van der Waals surface area contributed by atoms with Crippen molar-refractivity contribution in [3.05, 3.63) is 36.1 Å². The number of hydrogen-bond donors (Lipinski definition) is 0. The van der Waals surface area contributed by atoms with E-state index in [0.717, 1.165) is 18.4 Å². The lowest BCUT2D eigenvalue weighted by Gasteiger charge is -2.52. The van der Waals surface area contributed by atoms with E-state index in [2.05, 4.69) is 33.4 Å². The summed E-state index contributed by atoms with van der Waals surface area (Å²) in [6.45, 7) is 11.8. The molecule has 0 spiro atoms. The van der Waals surface area contributed by atoms with Crippen molar-refractivity contribution >= 4 is 11.8 Å². The molecule has 1 fully saturated rings. The summed E-state index contributed by atoms with van der Waals surface area (Å²) < 4.78 is 5.77. The fourth-order valence-electron chi connectivity index (χ4n) is 4.59. The molecule has 0 heterocycles. The van der Waals surface area contributed by atoms with E-state index in [4.69, 9.17) is 4.74 Å². The van der Waals surface area contributed by atoms with E-state index in [1.54, 1.807) is 0 Å². The normalized spacial score (nSPS) is 34.3. The summed E-state index contributed by atoms with van der Waals surface area (Å²) in [6, 6.07) is 0. The molecule has 2 aliphatic carbocycles. The Kier molecular flexibility index (Phi) is 5.31. The number of esters is 1. The van der Waals surface area contributed by atoms with Gasteiger partial charge in [-0.2, -0.15) is 0 Å². The average Bonchev–Trinajstić information content (AvgIpc) is 2.78. The Labute approximate surface area is 151 Å². The highest BCUT2D eigenvalue weighted by atomic mass is 16.5. The van der Waals surface area contributed by atoms with Crippen LogP contribution < -0.4 is 0 Å². The van der Waals surface area contributed by atoms with Gasteiger partial charge in [0, 0.05) is 50.2 Å². The molecule has 0 aliphatic heterocycles. The van der Waals surface area contributed by atoms with E-state index in [1.165, 1.54) is 6.92 Å². The number of rotatable bonds is 5. The Morgan fingerprint density at radius 2 is 2.12 bits per heavy atom. The van der Waals surface area contributed by atoms with Crippen LogP contribution in [0.1, 0.15) is 47.0 Å². The van der Waals surface area contributed by atoms with E-state index in [0.29, 0.717) is 17.9 Å². The number of ether oxygens (including phenoxy) is 1. The van der Waals surface area contributed by atoms with Crippen molar-refractivity contribution in [3.8, 4) is 0 Å². The number of Topliss-reactive ketones (excluding diaryl/α,β-unsaturated/α-hetero) is 1. The summed E-state index contributed by atoms with van der Waals surface area (Å²) in [5.41, 5.74) is 0.870. The third kappa shape index (κ3) is 3.07. The first-order valence-electron chi connectivity index (χ1n) is 8.98. The van der Waals surface area contributed by atoms with Gasteiger partial charge in [-0.1, -0.05) is 32.9 Å². The molecule has 0 bridgehead atoms. The van der Waals surface area contributed by atoms with Gasteiger partial charge < -0.3 is 9.64 Å². The van der Waals surface area contributed by atoms with Gasteiger partial charge in [0.05, 0.1) is 0 Å². The first-order chi connectivity index (χ1) is 11.6. The van der Waals surface area contributed by atoms with Crippen LogP contribution in [0.4, 0.5) is 0 Å². The number of nitrogens with zero attached hydrogens (tertiary/aromatic N) is 1. The number of hydrogen-bond acceptors (Lipinski definition) is 4. The molecule has 0 unspecified atom stereocenters. The molecule has 4 heteroatoms. The number of carbonyl (C=O) groups is 2. The molecule has 0 aromatic rings. The number of ketones is 1. The van der Waals surface area contributed by atoms with Crippen molar-refractivity contribution in [1.82, 2.24) is 4.90 Å². The Morgan fingerprint density at radius 1 is 1.48 bits per heavy atom. The molecule has 2 aliphatic rings. The Bertz CT molecular complexity index is 646. The zero-order chi connectivity index (χ0) is 19.0. The van der Waals surface area contributed by atoms with Crippen molar-refractivity contribution < 1.29 is 14.3 Å². The van der Waals surface area contributed by atoms with Gasteiger partial charge >= 0.3 is 5.97 Å². The lowest BCUT2D eigenvalue weighted by Crippen LogP contribution is -2.53. The maximum Gasteiger partial charge on any atom is 0.302 e. The number of allylic oxidation sites excluding steroid dienone is 2. The van der Waals surface area contributed by atoms with Gasteiger partial charge in [0.1, 0.15) is 6.10 Å². The Balaban J connectivity index is 2.54. The summed E-state index contributed by atoms with van der Waals surface area (Å²) in [4.78, 5) is 26.8. The molecule has 4 nitrogen and oxygen atoms in total. The molecular weight excluding hydrogens is 314 g/mol.